The summed E-state index contributed by atoms with van der Waals surface area (Å²) in [5, 5.41) is 19.0. The minimum absolute atomic E-state index is 0.160. The molecule has 2 aromatic rings. The van der Waals surface area contributed by atoms with Gasteiger partial charge in [0.15, 0.2) is 11.5 Å². The van der Waals surface area contributed by atoms with E-state index in [1.54, 1.807) is 0 Å². The van der Waals surface area contributed by atoms with Crippen LogP contribution in [0.5, 0.6) is 11.5 Å². The lowest BCUT2D eigenvalue weighted by Crippen LogP contribution is -2.24. The van der Waals surface area contributed by atoms with Gasteiger partial charge in [-0.15, -0.1) is 0 Å². The lowest BCUT2D eigenvalue weighted by molar-refractivity contribution is 0.0695. The highest BCUT2D eigenvalue weighted by atomic mass is 16.5. The second-order valence-corrected chi connectivity index (χ2v) is 6.50. The molecule has 0 saturated heterocycles. The molecule has 0 aliphatic heterocycles. The summed E-state index contributed by atoms with van der Waals surface area (Å²) < 4.78 is 11.0. The first kappa shape index (κ1) is 20.8. The minimum atomic E-state index is -1.57. The average molecular weight is 390 g/mol. The number of nitrogens with one attached hydrogen (secondary N) is 1. The minimum Gasteiger partial charge on any atom is -0.493 e. The number of nitrogen functional groups attached to an aromatic ring is 1. The number of carboxylic acids is 2. The van der Waals surface area contributed by atoms with Gasteiger partial charge in [-0.05, 0) is 30.0 Å². The Hall–Kier alpha value is -3.49. The van der Waals surface area contributed by atoms with Crippen LogP contribution in [-0.2, 0) is 0 Å². The molecule has 0 bridgehead atoms. The zero-order valence-corrected chi connectivity index (χ0v) is 15.7. The Labute approximate surface area is 160 Å². The van der Waals surface area contributed by atoms with E-state index in [4.69, 9.17) is 15.2 Å². The summed E-state index contributed by atoms with van der Waals surface area (Å²) >= 11 is 0. The van der Waals surface area contributed by atoms with Gasteiger partial charge >= 0.3 is 11.9 Å². The molecular formula is C19H22N2O7. The molecule has 0 saturated carbocycles. The van der Waals surface area contributed by atoms with E-state index in [0.29, 0.717) is 24.0 Å². The van der Waals surface area contributed by atoms with Crippen molar-refractivity contribution in [3.8, 4) is 22.6 Å². The molecule has 0 radical (unpaired) electrons. The summed E-state index contributed by atoms with van der Waals surface area (Å²) in [5.41, 5.74) is 3.30. The van der Waals surface area contributed by atoms with Crippen LogP contribution in [0.4, 0.5) is 5.82 Å². The number of carboxylic acid groups (broad SMARTS) is 2. The third-order valence-electron chi connectivity index (χ3n) is 4.08. The summed E-state index contributed by atoms with van der Waals surface area (Å²) in [6, 6.07) is 4.39. The third kappa shape index (κ3) is 4.25. The van der Waals surface area contributed by atoms with Crippen molar-refractivity contribution >= 4 is 17.8 Å². The second-order valence-electron chi connectivity index (χ2n) is 6.50. The highest BCUT2D eigenvalue weighted by molar-refractivity contribution is 6.07. The fraction of sp³-hybridized carbons (Fsp3) is 0.316. The number of pyridine rings is 1. The zero-order chi connectivity index (χ0) is 21.0. The highest BCUT2D eigenvalue weighted by Crippen LogP contribution is 2.36. The van der Waals surface area contributed by atoms with Gasteiger partial charge in [-0.1, -0.05) is 19.9 Å². The maximum atomic E-state index is 12.1. The van der Waals surface area contributed by atoms with E-state index < -0.39 is 34.4 Å². The normalized spacial score (nSPS) is 10.7. The van der Waals surface area contributed by atoms with E-state index in [1.807, 2.05) is 13.8 Å². The van der Waals surface area contributed by atoms with Crippen molar-refractivity contribution < 1.29 is 29.3 Å². The summed E-state index contributed by atoms with van der Waals surface area (Å²) in [7, 11) is 1.45. The monoisotopic (exact) mass is 390 g/mol. The number of H-pyrrole nitrogens is 1. The number of nitrogens with two attached hydrogens (primary N) is 1. The Morgan fingerprint density at radius 1 is 1.14 bits per heavy atom. The second kappa shape index (κ2) is 8.47. The van der Waals surface area contributed by atoms with Gasteiger partial charge in [0.05, 0.1) is 13.7 Å². The van der Waals surface area contributed by atoms with Gasteiger partial charge in [0.2, 0.25) is 0 Å². The van der Waals surface area contributed by atoms with Gasteiger partial charge in [0.25, 0.3) is 5.56 Å². The van der Waals surface area contributed by atoms with E-state index in [1.165, 1.54) is 25.3 Å². The third-order valence-corrected chi connectivity index (χ3v) is 4.08. The van der Waals surface area contributed by atoms with E-state index >= 15 is 0 Å². The molecule has 9 heteroatoms. The standard InChI is InChI=1S/C19H22N2O7/c1-9(2)6-7-28-12-8-10(4-5-11(12)27-3)13-14(18(23)24)16(20)21-17(22)15(13)19(25)26/h4-5,8-9H,6-7H2,1-3H3,(H,23,24)(H,25,26)(H3,20,21,22). The predicted octanol–water partition coefficient (Wildman–Crippen LogP) is 2.45. The first-order valence-corrected chi connectivity index (χ1v) is 8.50. The van der Waals surface area contributed by atoms with Crippen LogP contribution in [0.1, 0.15) is 41.0 Å². The summed E-state index contributed by atoms with van der Waals surface area (Å²) in [5.74, 6) is -2.39. The molecule has 0 amide bonds. The van der Waals surface area contributed by atoms with Crippen LogP contribution in [0.15, 0.2) is 23.0 Å². The number of methoxy groups -OCH3 is 1. The molecule has 0 aliphatic rings. The van der Waals surface area contributed by atoms with Crippen molar-refractivity contribution in [2.75, 3.05) is 19.5 Å². The number of aromatic nitrogens is 1. The summed E-state index contributed by atoms with van der Waals surface area (Å²) in [6.45, 7) is 4.45. The number of ether oxygens (including phenoxy) is 2. The number of benzene rings is 1. The number of aromatic amines is 1. The fourth-order valence-corrected chi connectivity index (χ4v) is 2.68. The van der Waals surface area contributed by atoms with Crippen molar-refractivity contribution in [1.29, 1.82) is 0 Å². The molecule has 1 aromatic carbocycles. The van der Waals surface area contributed by atoms with Gasteiger partial charge in [-0.2, -0.15) is 0 Å². The largest absolute Gasteiger partial charge is 0.493 e. The number of carbonyl (C=O) groups is 2. The quantitative estimate of drug-likeness (QED) is 0.536. The SMILES string of the molecule is COc1ccc(-c2c(C(=O)O)c(N)[nH]c(=O)c2C(=O)O)cc1OCCC(C)C. The highest BCUT2D eigenvalue weighted by Gasteiger charge is 2.27. The van der Waals surface area contributed by atoms with Crippen molar-refractivity contribution in [3.63, 3.8) is 0 Å². The van der Waals surface area contributed by atoms with Crippen LogP contribution in [0, 0.1) is 5.92 Å². The van der Waals surface area contributed by atoms with Crippen LogP contribution in [0.25, 0.3) is 11.1 Å². The van der Waals surface area contributed by atoms with Gasteiger partial charge in [0.1, 0.15) is 16.9 Å². The molecule has 0 aliphatic carbocycles. The topological polar surface area (TPSA) is 152 Å². The van der Waals surface area contributed by atoms with Gasteiger partial charge in [-0.25, -0.2) is 9.59 Å². The molecular weight excluding hydrogens is 368 g/mol. The molecule has 150 valence electrons. The van der Waals surface area contributed by atoms with Crippen molar-refractivity contribution in [1.82, 2.24) is 4.98 Å². The van der Waals surface area contributed by atoms with Crippen LogP contribution >= 0.6 is 0 Å². The average Bonchev–Trinajstić information content (AvgIpc) is 2.59. The van der Waals surface area contributed by atoms with E-state index in [9.17, 15) is 24.6 Å². The fourth-order valence-electron chi connectivity index (χ4n) is 2.68. The molecule has 0 unspecified atom stereocenters. The smallest absolute Gasteiger partial charge is 0.342 e. The first-order valence-electron chi connectivity index (χ1n) is 8.50. The summed E-state index contributed by atoms with van der Waals surface area (Å²) in [4.78, 5) is 37.6. The Balaban J connectivity index is 2.71. The Kier molecular flexibility index (Phi) is 6.29. The van der Waals surface area contributed by atoms with Crippen molar-refractivity contribution in [2.24, 2.45) is 5.92 Å². The lowest BCUT2D eigenvalue weighted by Gasteiger charge is -2.16. The van der Waals surface area contributed by atoms with Gasteiger partial charge in [0, 0.05) is 5.56 Å². The van der Waals surface area contributed by atoms with Crippen molar-refractivity contribution in [3.05, 3.63) is 39.7 Å². The Bertz CT molecular complexity index is 963. The Morgan fingerprint density at radius 2 is 1.79 bits per heavy atom. The van der Waals surface area contributed by atoms with E-state index in [-0.39, 0.29) is 11.1 Å². The maximum Gasteiger partial charge on any atom is 0.342 e. The van der Waals surface area contributed by atoms with Crippen LogP contribution < -0.4 is 20.8 Å². The predicted molar refractivity (Wildman–Crippen MR) is 102 cm³/mol. The van der Waals surface area contributed by atoms with Gasteiger partial charge < -0.3 is 30.4 Å². The Morgan fingerprint density at radius 3 is 2.32 bits per heavy atom. The van der Waals surface area contributed by atoms with Crippen LogP contribution in [0.3, 0.4) is 0 Å². The van der Waals surface area contributed by atoms with Crippen LogP contribution in [-0.4, -0.2) is 40.9 Å². The molecule has 0 fully saturated rings. The number of hydrogen-bond acceptors (Lipinski definition) is 6. The first-order chi connectivity index (χ1) is 13.2. The molecule has 1 aromatic heterocycles. The van der Waals surface area contributed by atoms with Crippen LogP contribution in [0.2, 0.25) is 0 Å². The number of hydrogen-bond donors (Lipinski definition) is 4. The van der Waals surface area contributed by atoms with Gasteiger partial charge in [-0.3, -0.25) is 4.79 Å². The molecule has 0 spiro atoms. The molecule has 28 heavy (non-hydrogen) atoms. The molecule has 5 N–H and O–H groups in total. The molecule has 0 atom stereocenters. The van der Waals surface area contributed by atoms with Crippen molar-refractivity contribution in [2.45, 2.75) is 20.3 Å². The zero-order valence-electron chi connectivity index (χ0n) is 15.7. The summed E-state index contributed by atoms with van der Waals surface area (Å²) in [6.07, 6.45) is 0.770. The lowest BCUT2D eigenvalue weighted by atomic mass is 9.95. The number of anilines is 1. The van der Waals surface area contributed by atoms with E-state index in [2.05, 4.69) is 4.98 Å². The molecule has 2 rings (SSSR count). The molecule has 1 heterocycles. The number of rotatable bonds is 8. The van der Waals surface area contributed by atoms with E-state index in [0.717, 1.165) is 6.42 Å². The maximum absolute atomic E-state index is 12.1. The number of aromatic carboxylic acids is 2. The molecule has 9 nitrogen and oxygen atoms in total.